The van der Waals surface area contributed by atoms with Gasteiger partial charge in [-0.15, -0.1) is 0 Å². The Bertz CT molecular complexity index is 1260. The first-order valence-electron chi connectivity index (χ1n) is 8.56. The summed E-state index contributed by atoms with van der Waals surface area (Å²) in [4.78, 5) is 39.8. The lowest BCUT2D eigenvalue weighted by atomic mass is 9.96. The fourth-order valence-electron chi connectivity index (χ4n) is 3.16. The molecule has 0 saturated heterocycles. The lowest BCUT2D eigenvalue weighted by molar-refractivity contribution is -0.384. The van der Waals surface area contributed by atoms with E-state index in [0.717, 1.165) is 0 Å². The van der Waals surface area contributed by atoms with Crippen LogP contribution in [-0.2, 0) is 0 Å². The third-order valence-corrected chi connectivity index (χ3v) is 4.54. The van der Waals surface area contributed by atoms with Gasteiger partial charge in [0.15, 0.2) is 5.43 Å². The number of non-ortho nitro benzene ring substituents is 1. The van der Waals surface area contributed by atoms with E-state index in [1.807, 2.05) is 6.07 Å². The summed E-state index contributed by atoms with van der Waals surface area (Å²) < 4.78 is 0. The summed E-state index contributed by atoms with van der Waals surface area (Å²) in [6.45, 7) is 0. The highest BCUT2D eigenvalue weighted by molar-refractivity contribution is 6.12. The molecule has 0 aliphatic carbocycles. The molecule has 0 fully saturated rings. The molecule has 3 aromatic carbocycles. The van der Waals surface area contributed by atoms with Gasteiger partial charge in [0, 0.05) is 28.6 Å². The lowest BCUT2D eigenvalue weighted by Crippen LogP contribution is -2.16. The minimum absolute atomic E-state index is 0.105. The van der Waals surface area contributed by atoms with Gasteiger partial charge in [0.05, 0.1) is 16.2 Å². The Kier molecular flexibility index (Phi) is 4.29. The molecule has 0 radical (unpaired) electrons. The number of para-hydroxylation sites is 1. The van der Waals surface area contributed by atoms with E-state index in [-0.39, 0.29) is 27.9 Å². The SMILES string of the molecule is O=C(c1ccc([N+](=O)[O-])cc1)c1[nH]c2ccccc2c(=O)c1-c1ccccc1. The third kappa shape index (κ3) is 2.97. The van der Waals surface area contributed by atoms with Gasteiger partial charge in [-0.25, -0.2) is 0 Å². The number of fused-ring (bicyclic) bond motifs is 1. The van der Waals surface area contributed by atoms with E-state index in [0.29, 0.717) is 16.5 Å². The number of aromatic nitrogens is 1. The first kappa shape index (κ1) is 17.4. The molecule has 0 aliphatic rings. The molecule has 4 aromatic rings. The second-order valence-electron chi connectivity index (χ2n) is 6.25. The van der Waals surface area contributed by atoms with Crippen molar-refractivity contribution in [3.05, 3.63) is 110 Å². The monoisotopic (exact) mass is 370 g/mol. The van der Waals surface area contributed by atoms with Crippen LogP contribution in [0.5, 0.6) is 0 Å². The average Bonchev–Trinajstić information content (AvgIpc) is 2.74. The molecule has 6 nitrogen and oxygen atoms in total. The zero-order valence-electron chi connectivity index (χ0n) is 14.6. The molecule has 1 heterocycles. The number of nitro benzene ring substituents is 1. The largest absolute Gasteiger partial charge is 0.351 e. The van der Waals surface area contributed by atoms with E-state index in [2.05, 4.69) is 4.98 Å². The van der Waals surface area contributed by atoms with Crippen LogP contribution in [0.3, 0.4) is 0 Å². The smallest absolute Gasteiger partial charge is 0.269 e. The van der Waals surface area contributed by atoms with Gasteiger partial charge in [0.1, 0.15) is 0 Å². The number of carbonyl (C=O) groups is 1. The highest BCUT2D eigenvalue weighted by atomic mass is 16.6. The molecule has 0 spiro atoms. The second kappa shape index (κ2) is 6.92. The third-order valence-electron chi connectivity index (χ3n) is 4.54. The molecular formula is C22H14N2O4. The summed E-state index contributed by atoms with van der Waals surface area (Å²) in [6, 6.07) is 21.3. The summed E-state index contributed by atoms with van der Waals surface area (Å²) in [5, 5.41) is 11.3. The predicted octanol–water partition coefficient (Wildman–Crippen LogP) is 4.33. The van der Waals surface area contributed by atoms with Gasteiger partial charge in [-0.05, 0) is 29.8 Å². The van der Waals surface area contributed by atoms with Crippen molar-refractivity contribution in [1.29, 1.82) is 0 Å². The Balaban J connectivity index is 1.96. The van der Waals surface area contributed by atoms with Gasteiger partial charge in [0.2, 0.25) is 5.78 Å². The van der Waals surface area contributed by atoms with Crippen LogP contribution in [0.4, 0.5) is 5.69 Å². The van der Waals surface area contributed by atoms with Gasteiger partial charge in [0.25, 0.3) is 5.69 Å². The molecule has 0 amide bonds. The molecule has 136 valence electrons. The highest BCUT2D eigenvalue weighted by Gasteiger charge is 2.21. The average molecular weight is 370 g/mol. The van der Waals surface area contributed by atoms with Crippen LogP contribution in [0.2, 0.25) is 0 Å². The molecule has 28 heavy (non-hydrogen) atoms. The van der Waals surface area contributed by atoms with Crippen molar-refractivity contribution in [1.82, 2.24) is 4.98 Å². The van der Waals surface area contributed by atoms with Crippen LogP contribution >= 0.6 is 0 Å². The van der Waals surface area contributed by atoms with Crippen LogP contribution < -0.4 is 5.43 Å². The Labute approximate surface area is 159 Å². The number of hydrogen-bond donors (Lipinski definition) is 1. The number of hydrogen-bond acceptors (Lipinski definition) is 4. The van der Waals surface area contributed by atoms with E-state index in [1.54, 1.807) is 48.5 Å². The fraction of sp³-hybridized carbons (Fsp3) is 0. The van der Waals surface area contributed by atoms with E-state index >= 15 is 0 Å². The summed E-state index contributed by atoms with van der Waals surface area (Å²) >= 11 is 0. The van der Waals surface area contributed by atoms with Crippen molar-refractivity contribution in [2.45, 2.75) is 0 Å². The molecule has 4 rings (SSSR count). The molecule has 1 N–H and O–H groups in total. The van der Waals surface area contributed by atoms with E-state index in [4.69, 9.17) is 0 Å². The maximum Gasteiger partial charge on any atom is 0.269 e. The van der Waals surface area contributed by atoms with Gasteiger partial charge in [-0.2, -0.15) is 0 Å². The topological polar surface area (TPSA) is 93.1 Å². The second-order valence-corrected chi connectivity index (χ2v) is 6.25. The maximum absolute atomic E-state index is 13.2. The molecule has 1 aromatic heterocycles. The van der Waals surface area contributed by atoms with Crippen molar-refractivity contribution in [3.8, 4) is 11.1 Å². The Morgan fingerprint density at radius 2 is 1.50 bits per heavy atom. The molecule has 6 heteroatoms. The minimum atomic E-state index is -0.526. The number of ketones is 1. The number of H-pyrrole nitrogens is 1. The fourth-order valence-corrected chi connectivity index (χ4v) is 3.16. The van der Waals surface area contributed by atoms with E-state index in [1.165, 1.54) is 24.3 Å². The minimum Gasteiger partial charge on any atom is -0.351 e. The predicted molar refractivity (Wildman–Crippen MR) is 107 cm³/mol. The summed E-state index contributed by atoms with van der Waals surface area (Å²) in [6.07, 6.45) is 0. The van der Waals surface area contributed by atoms with Crippen LogP contribution in [0.15, 0.2) is 83.7 Å². The number of nitrogens with one attached hydrogen (secondary N) is 1. The zero-order chi connectivity index (χ0) is 19.7. The first-order valence-corrected chi connectivity index (χ1v) is 8.56. The molecular weight excluding hydrogens is 356 g/mol. The number of benzene rings is 3. The molecule has 0 saturated carbocycles. The van der Waals surface area contributed by atoms with Gasteiger partial charge < -0.3 is 4.98 Å². The molecule has 0 bridgehead atoms. The maximum atomic E-state index is 13.2. The molecule has 0 aliphatic heterocycles. The van der Waals surface area contributed by atoms with Crippen molar-refractivity contribution >= 4 is 22.4 Å². The highest BCUT2D eigenvalue weighted by Crippen LogP contribution is 2.25. The Hall–Kier alpha value is -4.06. The molecule has 0 unspecified atom stereocenters. The Morgan fingerprint density at radius 3 is 2.18 bits per heavy atom. The number of pyridine rings is 1. The van der Waals surface area contributed by atoms with E-state index < -0.39 is 10.7 Å². The van der Waals surface area contributed by atoms with Crippen LogP contribution in [-0.4, -0.2) is 15.7 Å². The number of nitrogens with zero attached hydrogens (tertiary/aromatic N) is 1. The lowest BCUT2D eigenvalue weighted by Gasteiger charge is -2.11. The normalized spacial score (nSPS) is 10.7. The van der Waals surface area contributed by atoms with Crippen molar-refractivity contribution in [3.63, 3.8) is 0 Å². The Morgan fingerprint density at radius 1 is 0.857 bits per heavy atom. The molecule has 0 atom stereocenters. The van der Waals surface area contributed by atoms with Crippen LogP contribution in [0.25, 0.3) is 22.0 Å². The van der Waals surface area contributed by atoms with Gasteiger partial charge in [-0.3, -0.25) is 19.7 Å². The summed E-state index contributed by atoms with van der Waals surface area (Å²) in [7, 11) is 0. The number of rotatable bonds is 4. The van der Waals surface area contributed by atoms with Crippen molar-refractivity contribution in [2.75, 3.05) is 0 Å². The van der Waals surface area contributed by atoms with Crippen LogP contribution in [0, 0.1) is 10.1 Å². The van der Waals surface area contributed by atoms with Gasteiger partial charge >= 0.3 is 0 Å². The number of nitro groups is 1. The van der Waals surface area contributed by atoms with Crippen molar-refractivity contribution < 1.29 is 9.72 Å². The summed E-state index contributed by atoms with van der Waals surface area (Å²) in [5.41, 5.74) is 1.52. The summed E-state index contributed by atoms with van der Waals surface area (Å²) in [5.74, 6) is -0.406. The zero-order valence-corrected chi connectivity index (χ0v) is 14.6. The quantitative estimate of drug-likeness (QED) is 0.329. The standard InChI is InChI=1S/C22H14N2O4/c25-21(15-10-12-16(13-11-15)24(27)28)20-19(14-6-2-1-3-7-14)22(26)17-8-4-5-9-18(17)23-20/h1-13H,(H,23,26). The first-order chi connectivity index (χ1) is 13.6. The van der Waals surface area contributed by atoms with E-state index in [9.17, 15) is 19.7 Å². The number of aromatic amines is 1. The van der Waals surface area contributed by atoms with Gasteiger partial charge in [-0.1, -0.05) is 42.5 Å². The van der Waals surface area contributed by atoms with Crippen molar-refractivity contribution in [2.24, 2.45) is 0 Å². The number of carbonyl (C=O) groups excluding carboxylic acids is 1. The van der Waals surface area contributed by atoms with Crippen LogP contribution in [0.1, 0.15) is 16.1 Å².